The van der Waals surface area contributed by atoms with Crippen LogP contribution in [0.25, 0.3) is 21.3 Å². The second kappa shape index (κ2) is 6.20. The predicted molar refractivity (Wildman–Crippen MR) is 97.8 cm³/mol. The molecule has 0 aliphatic heterocycles. The van der Waals surface area contributed by atoms with E-state index < -0.39 is 12.0 Å². The molecule has 5 nitrogen and oxygen atoms in total. The minimum atomic E-state index is -0.914. The molecule has 6 heteroatoms. The van der Waals surface area contributed by atoms with Crippen LogP contribution in [0.5, 0.6) is 0 Å². The molecule has 0 saturated carbocycles. The summed E-state index contributed by atoms with van der Waals surface area (Å²) >= 11 is 1.54. The number of rotatable bonds is 4. The van der Waals surface area contributed by atoms with Crippen molar-refractivity contribution >= 4 is 33.3 Å². The number of nitrogens with one attached hydrogen (secondary N) is 1. The van der Waals surface area contributed by atoms with Gasteiger partial charge in [-0.3, -0.25) is 4.79 Å². The molecule has 0 saturated heterocycles. The summed E-state index contributed by atoms with van der Waals surface area (Å²) in [7, 11) is 0. The molecule has 2 N–H and O–H groups in total. The van der Waals surface area contributed by atoms with Gasteiger partial charge in [0.1, 0.15) is 22.5 Å². The summed E-state index contributed by atoms with van der Waals surface area (Å²) in [6.45, 7) is 7.58. The molecular formula is C18H19N3O2S. The number of aliphatic carboxylic acids is 1. The Hall–Kier alpha value is -2.47. The average molecular weight is 341 g/mol. The van der Waals surface area contributed by atoms with Gasteiger partial charge in [0.05, 0.1) is 5.39 Å². The molecular weight excluding hydrogens is 322 g/mol. The lowest BCUT2D eigenvalue weighted by atomic mass is 10.0. The van der Waals surface area contributed by atoms with Crippen molar-refractivity contribution < 1.29 is 9.90 Å². The van der Waals surface area contributed by atoms with Gasteiger partial charge < -0.3 is 10.4 Å². The number of benzene rings is 1. The fourth-order valence-electron chi connectivity index (χ4n) is 2.54. The highest BCUT2D eigenvalue weighted by Crippen LogP contribution is 2.37. The maximum atomic E-state index is 11.2. The van der Waals surface area contributed by atoms with Crippen LogP contribution in [-0.2, 0) is 4.79 Å². The Morgan fingerprint density at radius 1 is 1.21 bits per heavy atom. The molecule has 3 aromatic rings. The van der Waals surface area contributed by atoms with Gasteiger partial charge in [0.15, 0.2) is 0 Å². The number of fused-ring (bicyclic) bond motifs is 1. The van der Waals surface area contributed by atoms with E-state index in [2.05, 4.69) is 52.7 Å². The zero-order valence-electron chi connectivity index (χ0n) is 14.0. The number of carboxylic acids is 1. The van der Waals surface area contributed by atoms with Crippen LogP contribution < -0.4 is 5.32 Å². The number of thiophene rings is 1. The summed E-state index contributed by atoms with van der Waals surface area (Å²) in [5.41, 5.74) is 4.57. The van der Waals surface area contributed by atoms with Gasteiger partial charge >= 0.3 is 5.97 Å². The van der Waals surface area contributed by atoms with E-state index in [1.54, 1.807) is 18.3 Å². The Labute approximate surface area is 144 Å². The standard InChI is InChI=1S/C18H19N3O2S/c1-9-5-6-13(7-10(9)2)14-8-24-17-15(14)16(20-12(4)21-17)19-11(3)18(22)23/h5-8,11H,1-4H3,(H,22,23)(H,19,20,21). The topological polar surface area (TPSA) is 75.1 Å². The lowest BCUT2D eigenvalue weighted by Crippen LogP contribution is -2.26. The van der Waals surface area contributed by atoms with Crippen molar-refractivity contribution in [2.24, 2.45) is 0 Å². The number of anilines is 1. The largest absolute Gasteiger partial charge is 0.480 e. The van der Waals surface area contributed by atoms with Crippen molar-refractivity contribution in [2.75, 3.05) is 5.32 Å². The van der Waals surface area contributed by atoms with Crippen LogP contribution >= 0.6 is 11.3 Å². The first-order valence-electron chi connectivity index (χ1n) is 7.69. The van der Waals surface area contributed by atoms with E-state index in [-0.39, 0.29) is 0 Å². The van der Waals surface area contributed by atoms with Gasteiger partial charge in [0.25, 0.3) is 0 Å². The second-order valence-electron chi connectivity index (χ2n) is 5.95. The van der Waals surface area contributed by atoms with Gasteiger partial charge in [-0.1, -0.05) is 18.2 Å². The smallest absolute Gasteiger partial charge is 0.325 e. The molecule has 1 aromatic carbocycles. The van der Waals surface area contributed by atoms with E-state index in [9.17, 15) is 9.90 Å². The van der Waals surface area contributed by atoms with Gasteiger partial charge in [-0.2, -0.15) is 0 Å². The van der Waals surface area contributed by atoms with Crippen molar-refractivity contribution in [3.05, 3.63) is 40.5 Å². The van der Waals surface area contributed by atoms with Crippen molar-refractivity contribution in [3.63, 3.8) is 0 Å². The highest BCUT2D eigenvalue weighted by Gasteiger charge is 2.18. The van der Waals surface area contributed by atoms with Crippen LogP contribution in [0.4, 0.5) is 5.82 Å². The summed E-state index contributed by atoms with van der Waals surface area (Å²) in [5, 5.41) is 15.1. The lowest BCUT2D eigenvalue weighted by molar-refractivity contribution is -0.137. The molecule has 1 atom stereocenters. The third kappa shape index (κ3) is 2.97. The Morgan fingerprint density at radius 3 is 2.62 bits per heavy atom. The zero-order chi connectivity index (χ0) is 17.4. The molecule has 124 valence electrons. The van der Waals surface area contributed by atoms with Crippen molar-refractivity contribution in [2.45, 2.75) is 33.7 Å². The molecule has 0 radical (unpaired) electrons. The van der Waals surface area contributed by atoms with Crippen molar-refractivity contribution in [3.8, 4) is 11.1 Å². The number of hydrogen-bond acceptors (Lipinski definition) is 5. The number of aryl methyl sites for hydroxylation is 3. The van der Waals surface area contributed by atoms with Crippen LogP contribution in [0.3, 0.4) is 0 Å². The van der Waals surface area contributed by atoms with Gasteiger partial charge in [0, 0.05) is 10.9 Å². The van der Waals surface area contributed by atoms with Crippen LogP contribution in [0.2, 0.25) is 0 Å². The molecule has 1 unspecified atom stereocenters. The number of aromatic nitrogens is 2. The summed E-state index contributed by atoms with van der Waals surface area (Å²) in [6.07, 6.45) is 0. The van der Waals surface area contributed by atoms with E-state index in [4.69, 9.17) is 0 Å². The zero-order valence-corrected chi connectivity index (χ0v) is 14.9. The molecule has 0 fully saturated rings. The Morgan fingerprint density at radius 2 is 1.96 bits per heavy atom. The van der Waals surface area contributed by atoms with E-state index >= 15 is 0 Å². The fraction of sp³-hybridized carbons (Fsp3) is 0.278. The van der Waals surface area contributed by atoms with Gasteiger partial charge in [0.2, 0.25) is 0 Å². The highest BCUT2D eigenvalue weighted by atomic mass is 32.1. The molecule has 0 bridgehead atoms. The molecule has 24 heavy (non-hydrogen) atoms. The van der Waals surface area contributed by atoms with Crippen LogP contribution in [0.1, 0.15) is 23.9 Å². The molecule has 3 rings (SSSR count). The number of carboxylic acid groups (broad SMARTS) is 1. The normalized spacial score (nSPS) is 12.3. The predicted octanol–water partition coefficient (Wildman–Crippen LogP) is 4.17. The molecule has 0 aliphatic carbocycles. The van der Waals surface area contributed by atoms with Gasteiger partial charge in [-0.05, 0) is 44.4 Å². The first kappa shape index (κ1) is 16.4. The summed E-state index contributed by atoms with van der Waals surface area (Å²) in [4.78, 5) is 21.0. The van der Waals surface area contributed by atoms with Crippen LogP contribution in [-0.4, -0.2) is 27.1 Å². The molecule has 2 aromatic heterocycles. The number of nitrogens with zero attached hydrogens (tertiary/aromatic N) is 2. The third-order valence-electron chi connectivity index (χ3n) is 4.09. The van der Waals surface area contributed by atoms with E-state index in [0.29, 0.717) is 11.6 Å². The minimum absolute atomic E-state index is 0.571. The highest BCUT2D eigenvalue weighted by molar-refractivity contribution is 7.17. The maximum Gasteiger partial charge on any atom is 0.325 e. The van der Waals surface area contributed by atoms with Crippen LogP contribution in [0, 0.1) is 20.8 Å². The molecule has 2 heterocycles. The van der Waals surface area contributed by atoms with E-state index in [1.807, 2.05) is 6.92 Å². The minimum Gasteiger partial charge on any atom is -0.480 e. The Bertz CT molecular complexity index is 933. The maximum absolute atomic E-state index is 11.2. The summed E-state index contributed by atoms with van der Waals surface area (Å²) in [5.74, 6) is 0.278. The molecule has 0 amide bonds. The first-order chi connectivity index (χ1) is 11.4. The first-order valence-corrected chi connectivity index (χ1v) is 8.57. The molecule has 0 aliphatic rings. The lowest BCUT2D eigenvalue weighted by Gasteiger charge is -2.13. The van der Waals surface area contributed by atoms with Crippen molar-refractivity contribution in [1.29, 1.82) is 0 Å². The van der Waals surface area contributed by atoms with Crippen LogP contribution in [0.15, 0.2) is 23.6 Å². The quantitative estimate of drug-likeness (QED) is 0.745. The van der Waals surface area contributed by atoms with Gasteiger partial charge in [-0.15, -0.1) is 11.3 Å². The number of carbonyl (C=O) groups is 1. The van der Waals surface area contributed by atoms with E-state index in [1.165, 1.54) is 11.1 Å². The average Bonchev–Trinajstić information content (AvgIpc) is 2.93. The number of hydrogen-bond donors (Lipinski definition) is 2. The Balaban J connectivity index is 2.19. The molecule has 0 spiro atoms. The summed E-state index contributed by atoms with van der Waals surface area (Å²) in [6, 6.07) is 5.58. The summed E-state index contributed by atoms with van der Waals surface area (Å²) < 4.78 is 0. The third-order valence-corrected chi connectivity index (χ3v) is 4.96. The van der Waals surface area contributed by atoms with Crippen molar-refractivity contribution in [1.82, 2.24) is 9.97 Å². The fourth-order valence-corrected chi connectivity index (χ4v) is 3.53. The Kier molecular flexibility index (Phi) is 4.24. The second-order valence-corrected chi connectivity index (χ2v) is 6.81. The van der Waals surface area contributed by atoms with E-state index in [0.717, 1.165) is 21.3 Å². The SMILES string of the molecule is Cc1nc(NC(C)C(=O)O)c2c(-c3ccc(C)c(C)c3)csc2n1. The van der Waals surface area contributed by atoms with Gasteiger partial charge in [-0.25, -0.2) is 9.97 Å². The monoisotopic (exact) mass is 341 g/mol.